The Morgan fingerprint density at radius 3 is 1.45 bits per heavy atom. The Morgan fingerprint density at radius 1 is 0.909 bits per heavy atom. The summed E-state index contributed by atoms with van der Waals surface area (Å²) in [7, 11) is 0. The van der Waals surface area contributed by atoms with E-state index >= 15 is 0 Å². The molecule has 0 nitrogen and oxygen atoms in total. The molecule has 60 valence electrons. The zero-order valence-electron chi connectivity index (χ0n) is 8.23. The van der Waals surface area contributed by atoms with Crippen molar-refractivity contribution in [1.29, 1.82) is 0 Å². The molecule has 11 heavy (non-hydrogen) atoms. The van der Waals surface area contributed by atoms with E-state index in [0.29, 0.717) is 0 Å². The summed E-state index contributed by atoms with van der Waals surface area (Å²) < 4.78 is 0. The molecule has 2 aliphatic carbocycles. The molecular formula is C10H12Ru. The molecule has 0 N–H and O–H groups in total. The van der Waals surface area contributed by atoms with Crippen molar-refractivity contribution in [2.75, 3.05) is 0 Å². The summed E-state index contributed by atoms with van der Waals surface area (Å²) in [6, 6.07) is 0. The van der Waals surface area contributed by atoms with Gasteiger partial charge >= 0.3 is 19.5 Å². The van der Waals surface area contributed by atoms with Gasteiger partial charge in [0, 0.05) is 0 Å². The van der Waals surface area contributed by atoms with E-state index in [-0.39, 0.29) is 22.3 Å². The first-order valence-electron chi connectivity index (χ1n) is 3.43. The van der Waals surface area contributed by atoms with Gasteiger partial charge < -0.3 is 2.85 Å². The summed E-state index contributed by atoms with van der Waals surface area (Å²) in [5.41, 5.74) is 0. The first-order chi connectivity index (χ1) is 5.00. The Morgan fingerprint density at radius 2 is 1.36 bits per heavy atom. The fraction of sp³-hybridized carbons (Fsp3) is 0.200. The Hall–Kier alpha value is -0.417. The molecule has 0 aromatic rings. The van der Waals surface area contributed by atoms with Crippen LogP contribution in [0.15, 0.2) is 36.5 Å². The van der Waals surface area contributed by atoms with Crippen molar-refractivity contribution in [1.82, 2.24) is 0 Å². The van der Waals surface area contributed by atoms with Crippen LogP contribution < -0.4 is 0 Å². The molecule has 0 spiro atoms. The van der Waals surface area contributed by atoms with Crippen LogP contribution in [0.2, 0.25) is 0 Å². The monoisotopic (exact) mass is 234 g/mol. The zero-order chi connectivity index (χ0) is 7.07. The van der Waals surface area contributed by atoms with Gasteiger partial charge in [0.1, 0.15) is 0 Å². The van der Waals surface area contributed by atoms with Gasteiger partial charge in [-0.25, -0.2) is 24.3 Å². The van der Waals surface area contributed by atoms with Gasteiger partial charge in [-0.05, 0) is 0 Å². The molecule has 0 fully saturated rings. The van der Waals surface area contributed by atoms with Gasteiger partial charge in [0.15, 0.2) is 0 Å². The average Bonchev–Trinajstić information content (AvgIpc) is 2.67. The van der Waals surface area contributed by atoms with E-state index in [1.807, 2.05) is 24.3 Å². The maximum absolute atomic E-state index is 2.99. The molecule has 0 aromatic heterocycles. The minimum Gasteiger partial charge on any atom is -1.00 e. The molecule has 0 unspecified atom stereocenters. The summed E-state index contributed by atoms with van der Waals surface area (Å²) in [4.78, 5) is 0. The number of rotatable bonds is 0. The zero-order valence-corrected chi connectivity index (χ0v) is 7.97. The smallest absolute Gasteiger partial charge is 1.00 e. The number of allylic oxidation sites excluding steroid dienone is 8. The van der Waals surface area contributed by atoms with Crippen LogP contribution in [0, 0.1) is 12.2 Å². The molecule has 0 aromatic carbocycles. The molecule has 0 saturated heterocycles. The van der Waals surface area contributed by atoms with Crippen LogP contribution >= 0.6 is 0 Å². The quantitative estimate of drug-likeness (QED) is 0.446. The van der Waals surface area contributed by atoms with Crippen LogP contribution in [0.25, 0.3) is 0 Å². The van der Waals surface area contributed by atoms with Crippen molar-refractivity contribution >= 4 is 0 Å². The summed E-state index contributed by atoms with van der Waals surface area (Å²) in [5.74, 6) is 0. The SMILES string of the molecule is [C-]1=CC=CC1.[C-]1=CC=CC1.[H-].[H-].[Ru+4]. The second-order valence-corrected chi connectivity index (χ2v) is 2.01. The van der Waals surface area contributed by atoms with E-state index in [9.17, 15) is 0 Å². The number of hydrogen-bond donors (Lipinski definition) is 0. The molecule has 0 bridgehead atoms. The van der Waals surface area contributed by atoms with Crippen molar-refractivity contribution in [2.24, 2.45) is 0 Å². The van der Waals surface area contributed by atoms with E-state index in [2.05, 4.69) is 24.3 Å². The summed E-state index contributed by atoms with van der Waals surface area (Å²) in [5, 5.41) is 0. The van der Waals surface area contributed by atoms with Gasteiger partial charge in [-0.15, -0.1) is 12.8 Å². The Kier molecular flexibility index (Phi) is 7.40. The molecule has 0 aliphatic heterocycles. The fourth-order valence-corrected chi connectivity index (χ4v) is 0.680. The van der Waals surface area contributed by atoms with Gasteiger partial charge in [0.25, 0.3) is 0 Å². The van der Waals surface area contributed by atoms with E-state index in [0.717, 1.165) is 12.8 Å². The Bertz CT molecular complexity index is 151. The predicted molar refractivity (Wildman–Crippen MR) is 45.4 cm³/mol. The molecule has 0 saturated carbocycles. The average molecular weight is 233 g/mol. The van der Waals surface area contributed by atoms with Crippen LogP contribution in [-0.2, 0) is 19.5 Å². The topological polar surface area (TPSA) is 0 Å². The summed E-state index contributed by atoms with van der Waals surface area (Å²) in [6.07, 6.45) is 20.0. The summed E-state index contributed by atoms with van der Waals surface area (Å²) >= 11 is 0. The van der Waals surface area contributed by atoms with E-state index in [4.69, 9.17) is 0 Å². The van der Waals surface area contributed by atoms with E-state index < -0.39 is 0 Å². The van der Waals surface area contributed by atoms with Crippen molar-refractivity contribution in [2.45, 2.75) is 12.8 Å². The molecule has 0 atom stereocenters. The van der Waals surface area contributed by atoms with Crippen LogP contribution in [0.1, 0.15) is 15.7 Å². The van der Waals surface area contributed by atoms with Gasteiger partial charge in [-0.1, -0.05) is 0 Å². The molecular weight excluding hydrogens is 221 g/mol. The molecule has 0 radical (unpaired) electrons. The Balaban J connectivity index is -0.000000125. The second kappa shape index (κ2) is 7.69. The molecule has 0 amide bonds. The van der Waals surface area contributed by atoms with Crippen LogP contribution in [0.5, 0.6) is 0 Å². The van der Waals surface area contributed by atoms with Crippen LogP contribution in [0.3, 0.4) is 0 Å². The molecule has 1 heteroatoms. The normalized spacial score (nSPS) is 16.0. The van der Waals surface area contributed by atoms with Gasteiger partial charge in [-0.2, -0.15) is 12.2 Å². The van der Waals surface area contributed by atoms with Crippen LogP contribution in [-0.4, -0.2) is 0 Å². The third-order valence-electron chi connectivity index (χ3n) is 1.17. The maximum atomic E-state index is 2.99. The standard InChI is InChI=1S/2C5H5.Ru.2H/c2*1-2-4-5-3-1;;;/h2*1-3H,4H2;;;/q2*-1;+4;2*-1. The molecule has 2 aliphatic rings. The summed E-state index contributed by atoms with van der Waals surface area (Å²) in [6.45, 7) is 0. The fourth-order valence-electron chi connectivity index (χ4n) is 0.680. The third-order valence-corrected chi connectivity index (χ3v) is 1.17. The predicted octanol–water partition coefficient (Wildman–Crippen LogP) is 2.83. The first-order valence-corrected chi connectivity index (χ1v) is 3.43. The van der Waals surface area contributed by atoms with Gasteiger partial charge in [0.05, 0.1) is 0 Å². The number of hydrogen-bond acceptors (Lipinski definition) is 0. The van der Waals surface area contributed by atoms with Crippen molar-refractivity contribution < 1.29 is 22.3 Å². The largest absolute Gasteiger partial charge is 4.00 e. The van der Waals surface area contributed by atoms with Crippen molar-refractivity contribution in [3.63, 3.8) is 0 Å². The molecule has 2 rings (SSSR count). The van der Waals surface area contributed by atoms with Crippen molar-refractivity contribution in [3.8, 4) is 0 Å². The first kappa shape index (κ1) is 10.6. The van der Waals surface area contributed by atoms with E-state index in [1.54, 1.807) is 0 Å². The van der Waals surface area contributed by atoms with Gasteiger partial charge in [0.2, 0.25) is 0 Å². The Labute approximate surface area is 84.1 Å². The molecule has 0 heterocycles. The third kappa shape index (κ3) is 6.00. The maximum Gasteiger partial charge on any atom is 4.00 e. The van der Waals surface area contributed by atoms with E-state index in [1.165, 1.54) is 0 Å². The van der Waals surface area contributed by atoms with Gasteiger partial charge in [-0.3, -0.25) is 12.2 Å². The van der Waals surface area contributed by atoms with Crippen LogP contribution in [0.4, 0.5) is 0 Å². The minimum absolute atomic E-state index is 0. The van der Waals surface area contributed by atoms with Crippen molar-refractivity contribution in [3.05, 3.63) is 48.6 Å². The minimum atomic E-state index is 0. The second-order valence-electron chi connectivity index (χ2n) is 2.01.